The van der Waals surface area contributed by atoms with Gasteiger partial charge in [-0.05, 0) is 82.8 Å². The average Bonchev–Trinajstić information content (AvgIpc) is 2.86. The molecular weight excluding hydrogens is 551 g/mol. The zero-order valence-corrected chi connectivity index (χ0v) is 22.2. The second-order valence-electron chi connectivity index (χ2n) is 8.61. The van der Waals surface area contributed by atoms with Crippen molar-refractivity contribution in [2.75, 3.05) is 13.2 Å². The lowest BCUT2D eigenvalue weighted by atomic mass is 9.96. The van der Waals surface area contributed by atoms with Crippen molar-refractivity contribution in [3.05, 3.63) is 106 Å². The first-order valence-electron chi connectivity index (χ1n) is 11.3. The number of esters is 2. The summed E-state index contributed by atoms with van der Waals surface area (Å²) >= 11 is 2.31. The normalized spacial score (nSPS) is 10.6. The lowest BCUT2D eigenvalue weighted by Gasteiger charge is -2.18. The zero-order chi connectivity index (χ0) is 25.4. The molecule has 4 nitrogen and oxygen atoms in total. The highest BCUT2D eigenvalue weighted by Gasteiger charge is 2.17. The number of hydrogen-bond donors (Lipinski definition) is 0. The van der Waals surface area contributed by atoms with Crippen molar-refractivity contribution in [1.82, 2.24) is 0 Å². The summed E-state index contributed by atoms with van der Waals surface area (Å²) in [6, 6.07) is 25.2. The van der Waals surface area contributed by atoms with E-state index in [2.05, 4.69) is 109 Å². The van der Waals surface area contributed by atoms with Crippen LogP contribution in [0.25, 0.3) is 22.3 Å². The van der Waals surface area contributed by atoms with Gasteiger partial charge in [0.15, 0.2) is 0 Å². The van der Waals surface area contributed by atoms with Crippen LogP contribution in [0.2, 0.25) is 0 Å². The van der Waals surface area contributed by atoms with Crippen LogP contribution in [0.4, 0.5) is 0 Å². The van der Waals surface area contributed by atoms with Crippen molar-refractivity contribution in [3.8, 4) is 22.3 Å². The van der Waals surface area contributed by atoms with Crippen LogP contribution in [0.15, 0.2) is 97.1 Å². The van der Waals surface area contributed by atoms with Gasteiger partial charge in [0.1, 0.15) is 0 Å². The van der Waals surface area contributed by atoms with E-state index in [-0.39, 0.29) is 19.1 Å². The smallest absolute Gasteiger partial charge is 0.333 e. The van der Waals surface area contributed by atoms with E-state index in [0.717, 1.165) is 16.7 Å². The highest BCUT2D eigenvalue weighted by Crippen LogP contribution is 2.26. The third-order valence-electron chi connectivity index (χ3n) is 5.47. The van der Waals surface area contributed by atoms with Crippen molar-refractivity contribution in [1.29, 1.82) is 0 Å². The van der Waals surface area contributed by atoms with Gasteiger partial charge in [-0.2, -0.15) is 0 Å². The van der Waals surface area contributed by atoms with E-state index < -0.39 is 11.9 Å². The van der Waals surface area contributed by atoms with E-state index in [0.29, 0.717) is 17.6 Å². The van der Waals surface area contributed by atoms with Crippen molar-refractivity contribution in [3.63, 3.8) is 0 Å². The Morgan fingerprint density at radius 2 is 1.03 bits per heavy atom. The summed E-state index contributed by atoms with van der Waals surface area (Å²) in [5.74, 6) is -1.09. The Kier molecular flexibility index (Phi) is 9.43. The topological polar surface area (TPSA) is 52.6 Å². The number of benzene rings is 3. The Hall–Kier alpha value is -3.19. The molecule has 0 aromatic heterocycles. The maximum absolute atomic E-state index is 11.8. The van der Waals surface area contributed by atoms with Gasteiger partial charge in [-0.3, -0.25) is 0 Å². The minimum Gasteiger partial charge on any atom is -0.462 e. The molecule has 3 aromatic rings. The molecule has 0 bridgehead atoms. The summed E-state index contributed by atoms with van der Waals surface area (Å²) in [6.07, 6.45) is 0.596. The molecule has 3 rings (SSSR count). The van der Waals surface area contributed by atoms with Gasteiger partial charge in [-0.25, -0.2) is 9.59 Å². The molecule has 0 fully saturated rings. The SMILES string of the molecule is C=C(C)C(=O)OCC(COC(=O)C(=C)C)Cc1ccc(-c2ccc(-c3ccc(I)cc3)cc2)cc1. The molecule has 0 heterocycles. The maximum atomic E-state index is 11.8. The van der Waals surface area contributed by atoms with E-state index >= 15 is 0 Å². The van der Waals surface area contributed by atoms with Gasteiger partial charge in [-0.15, -0.1) is 0 Å². The second kappa shape index (κ2) is 12.5. The summed E-state index contributed by atoms with van der Waals surface area (Å²) in [5.41, 5.74) is 6.35. The van der Waals surface area contributed by atoms with Gasteiger partial charge < -0.3 is 9.47 Å². The largest absolute Gasteiger partial charge is 0.462 e. The van der Waals surface area contributed by atoms with Crippen molar-refractivity contribution in [2.24, 2.45) is 5.92 Å². The molecule has 180 valence electrons. The molecule has 0 unspecified atom stereocenters. The van der Waals surface area contributed by atoms with Gasteiger partial charge in [-0.1, -0.05) is 73.8 Å². The molecule has 0 amide bonds. The first-order chi connectivity index (χ1) is 16.7. The molecule has 0 saturated heterocycles. The van der Waals surface area contributed by atoms with Gasteiger partial charge in [0.25, 0.3) is 0 Å². The van der Waals surface area contributed by atoms with Crippen LogP contribution in [0.5, 0.6) is 0 Å². The van der Waals surface area contributed by atoms with Crippen LogP contribution in [-0.2, 0) is 25.5 Å². The van der Waals surface area contributed by atoms with Gasteiger partial charge in [0.05, 0.1) is 13.2 Å². The molecule has 0 aliphatic heterocycles. The number of ether oxygens (including phenoxy) is 2. The third-order valence-corrected chi connectivity index (χ3v) is 6.19. The summed E-state index contributed by atoms with van der Waals surface area (Å²) in [5, 5.41) is 0. The van der Waals surface area contributed by atoms with Crippen molar-refractivity contribution < 1.29 is 19.1 Å². The molecule has 0 aliphatic rings. The Bertz CT molecular complexity index is 1160. The molecule has 0 spiro atoms. The number of halogens is 1. The first kappa shape index (κ1) is 26.4. The average molecular weight is 580 g/mol. The quantitative estimate of drug-likeness (QED) is 0.147. The standard InChI is InChI=1S/C30H29IO4/c1-20(2)29(32)34-18-23(19-35-30(33)21(3)4)17-22-5-7-24(8-6-22)25-9-11-26(12-10-25)27-13-15-28(31)16-14-27/h5-16,23H,1,3,17-19H2,2,4H3. The lowest BCUT2D eigenvalue weighted by molar-refractivity contribution is -0.144. The number of carbonyl (C=O) groups excluding carboxylic acids is 2. The number of rotatable bonds is 10. The summed E-state index contributed by atoms with van der Waals surface area (Å²) in [4.78, 5) is 23.7. The van der Waals surface area contributed by atoms with Crippen LogP contribution >= 0.6 is 22.6 Å². The van der Waals surface area contributed by atoms with Crippen LogP contribution in [-0.4, -0.2) is 25.2 Å². The fraction of sp³-hybridized carbons (Fsp3) is 0.200. The Labute approximate surface area is 220 Å². The van der Waals surface area contributed by atoms with E-state index in [1.807, 2.05) is 0 Å². The molecule has 0 atom stereocenters. The summed E-state index contributed by atoms with van der Waals surface area (Å²) in [6.45, 7) is 10.7. The molecule has 0 radical (unpaired) electrons. The first-order valence-corrected chi connectivity index (χ1v) is 12.4. The Morgan fingerprint density at radius 3 is 1.40 bits per heavy atom. The fourth-order valence-corrected chi connectivity index (χ4v) is 3.82. The van der Waals surface area contributed by atoms with E-state index in [1.54, 1.807) is 13.8 Å². The van der Waals surface area contributed by atoms with Crippen LogP contribution in [0.3, 0.4) is 0 Å². The van der Waals surface area contributed by atoms with Crippen molar-refractivity contribution >= 4 is 34.5 Å². The van der Waals surface area contributed by atoms with Gasteiger partial charge in [0, 0.05) is 20.6 Å². The Balaban J connectivity index is 1.67. The van der Waals surface area contributed by atoms with Gasteiger partial charge in [0.2, 0.25) is 0 Å². The van der Waals surface area contributed by atoms with Crippen molar-refractivity contribution in [2.45, 2.75) is 20.3 Å². The van der Waals surface area contributed by atoms with Crippen LogP contribution in [0, 0.1) is 9.49 Å². The Morgan fingerprint density at radius 1 is 0.686 bits per heavy atom. The monoisotopic (exact) mass is 580 g/mol. The second-order valence-corrected chi connectivity index (χ2v) is 9.85. The highest BCUT2D eigenvalue weighted by atomic mass is 127. The molecule has 0 saturated carbocycles. The maximum Gasteiger partial charge on any atom is 0.333 e. The molecule has 3 aromatic carbocycles. The number of carbonyl (C=O) groups is 2. The molecule has 0 N–H and O–H groups in total. The minimum atomic E-state index is -0.453. The van der Waals surface area contributed by atoms with Crippen LogP contribution < -0.4 is 0 Å². The third kappa shape index (κ3) is 7.92. The van der Waals surface area contributed by atoms with E-state index in [9.17, 15) is 9.59 Å². The van der Waals surface area contributed by atoms with Gasteiger partial charge >= 0.3 is 11.9 Å². The van der Waals surface area contributed by atoms with E-state index in [1.165, 1.54) is 14.7 Å². The lowest BCUT2D eigenvalue weighted by Crippen LogP contribution is -2.23. The van der Waals surface area contributed by atoms with E-state index in [4.69, 9.17) is 9.47 Å². The van der Waals surface area contributed by atoms with Crippen LogP contribution in [0.1, 0.15) is 19.4 Å². The predicted molar refractivity (Wildman–Crippen MR) is 149 cm³/mol. The summed E-state index contributed by atoms with van der Waals surface area (Å²) < 4.78 is 11.9. The number of hydrogen-bond acceptors (Lipinski definition) is 4. The molecule has 5 heteroatoms. The fourth-order valence-electron chi connectivity index (χ4n) is 3.46. The summed E-state index contributed by atoms with van der Waals surface area (Å²) in [7, 11) is 0. The molecule has 0 aliphatic carbocycles. The highest BCUT2D eigenvalue weighted by molar-refractivity contribution is 14.1. The predicted octanol–water partition coefficient (Wildman–Crippen LogP) is 7.02. The molecular formula is C30H29IO4. The minimum absolute atomic E-state index is 0.136. The zero-order valence-electron chi connectivity index (χ0n) is 20.1. The molecule has 35 heavy (non-hydrogen) atoms.